The van der Waals surface area contributed by atoms with Crippen LogP contribution in [0.2, 0.25) is 0 Å². The molecular formula is C24H22N2O7S. The molecule has 3 rings (SSSR count). The average Bonchev–Trinajstić information content (AvgIpc) is 3.17. The minimum absolute atomic E-state index is 0.0592. The van der Waals surface area contributed by atoms with Crippen LogP contribution in [0.1, 0.15) is 36.0 Å². The first-order valence-electron chi connectivity index (χ1n) is 10.0. The molecule has 0 radical (unpaired) electrons. The Kier molecular flexibility index (Phi) is 7.99. The van der Waals surface area contributed by atoms with Crippen molar-refractivity contribution in [2.24, 2.45) is 0 Å². The number of nitrogens with one attached hydrogen (secondary N) is 2. The molecule has 0 saturated carbocycles. The summed E-state index contributed by atoms with van der Waals surface area (Å²) < 4.78 is 15.1. The van der Waals surface area contributed by atoms with Crippen molar-refractivity contribution in [3.63, 3.8) is 0 Å². The standard InChI is InChI=1S/C24H22N2O7S/c1-14-19(23(29)31-2)22(34-20(14)24(30)32-3)26-18(27)13-33-17-12-8-7-11-16(17)21(28)25-15-9-5-4-6-10-15/h4-12H,13H2,1-3H3,(H,25,28)(H,26,27). The summed E-state index contributed by atoms with van der Waals surface area (Å²) in [6.45, 7) is 1.11. The molecule has 3 aromatic rings. The zero-order valence-electron chi connectivity index (χ0n) is 18.7. The fourth-order valence-electron chi connectivity index (χ4n) is 3.04. The van der Waals surface area contributed by atoms with Crippen molar-refractivity contribution in [3.05, 3.63) is 76.2 Å². The number of carbonyl (C=O) groups excluding carboxylic acids is 4. The highest BCUT2D eigenvalue weighted by Crippen LogP contribution is 2.34. The SMILES string of the molecule is COC(=O)c1sc(NC(=O)COc2ccccc2C(=O)Nc2ccccc2)c(C(=O)OC)c1C. The molecule has 0 aliphatic carbocycles. The van der Waals surface area contributed by atoms with E-state index in [1.165, 1.54) is 14.2 Å². The lowest BCUT2D eigenvalue weighted by atomic mass is 10.1. The number of esters is 2. The Hall–Kier alpha value is -4.18. The van der Waals surface area contributed by atoms with E-state index < -0.39 is 30.4 Å². The predicted molar refractivity (Wildman–Crippen MR) is 127 cm³/mol. The Morgan fingerprint density at radius 2 is 1.50 bits per heavy atom. The van der Waals surface area contributed by atoms with Crippen LogP contribution in [0, 0.1) is 6.92 Å². The molecule has 10 heteroatoms. The van der Waals surface area contributed by atoms with Gasteiger partial charge < -0.3 is 24.8 Å². The number of amides is 2. The molecule has 34 heavy (non-hydrogen) atoms. The molecule has 0 aliphatic rings. The van der Waals surface area contributed by atoms with Gasteiger partial charge in [-0.25, -0.2) is 9.59 Å². The summed E-state index contributed by atoms with van der Waals surface area (Å²) in [5.41, 5.74) is 1.26. The van der Waals surface area contributed by atoms with Crippen molar-refractivity contribution in [3.8, 4) is 5.75 Å². The zero-order valence-corrected chi connectivity index (χ0v) is 19.5. The van der Waals surface area contributed by atoms with E-state index in [-0.39, 0.29) is 26.8 Å². The lowest BCUT2D eigenvalue weighted by molar-refractivity contribution is -0.118. The molecule has 1 heterocycles. The topological polar surface area (TPSA) is 120 Å². The number of rotatable bonds is 8. The zero-order chi connectivity index (χ0) is 24.7. The van der Waals surface area contributed by atoms with Crippen molar-refractivity contribution < 1.29 is 33.4 Å². The summed E-state index contributed by atoms with van der Waals surface area (Å²) in [5.74, 6) is -2.13. The molecule has 2 aromatic carbocycles. The molecule has 0 aliphatic heterocycles. The number of hydrogen-bond donors (Lipinski definition) is 2. The Labute approximate surface area is 199 Å². The van der Waals surface area contributed by atoms with Gasteiger partial charge in [0.1, 0.15) is 15.6 Å². The van der Waals surface area contributed by atoms with Crippen LogP contribution in [0.25, 0.3) is 0 Å². The number of thiophene rings is 1. The number of benzene rings is 2. The molecule has 9 nitrogen and oxygen atoms in total. The van der Waals surface area contributed by atoms with Gasteiger partial charge >= 0.3 is 11.9 Å². The van der Waals surface area contributed by atoms with E-state index in [2.05, 4.69) is 10.6 Å². The first kappa shape index (κ1) is 24.5. The lowest BCUT2D eigenvalue weighted by Crippen LogP contribution is -2.22. The minimum atomic E-state index is -0.706. The van der Waals surface area contributed by atoms with E-state index in [0.717, 1.165) is 11.3 Å². The van der Waals surface area contributed by atoms with Gasteiger partial charge in [-0.1, -0.05) is 30.3 Å². The second-order valence-electron chi connectivity index (χ2n) is 6.90. The summed E-state index contributed by atoms with van der Waals surface area (Å²) in [4.78, 5) is 49.6. The molecule has 0 saturated heterocycles. The second kappa shape index (κ2) is 11.1. The van der Waals surface area contributed by atoms with Crippen molar-refractivity contribution in [1.29, 1.82) is 0 Å². The fraction of sp³-hybridized carbons (Fsp3) is 0.167. The Morgan fingerprint density at radius 3 is 2.18 bits per heavy atom. The van der Waals surface area contributed by atoms with Crippen molar-refractivity contribution in [1.82, 2.24) is 0 Å². The Bertz CT molecular complexity index is 1220. The third kappa shape index (κ3) is 5.59. The number of ether oxygens (including phenoxy) is 3. The summed E-state index contributed by atoms with van der Waals surface area (Å²) >= 11 is 0.895. The van der Waals surface area contributed by atoms with Gasteiger partial charge in [0.05, 0.1) is 25.3 Å². The van der Waals surface area contributed by atoms with Crippen LogP contribution in [0.15, 0.2) is 54.6 Å². The van der Waals surface area contributed by atoms with Gasteiger partial charge in [0.2, 0.25) is 0 Å². The second-order valence-corrected chi connectivity index (χ2v) is 7.92. The van der Waals surface area contributed by atoms with Crippen molar-refractivity contribution in [2.45, 2.75) is 6.92 Å². The third-order valence-corrected chi connectivity index (χ3v) is 5.87. The highest BCUT2D eigenvalue weighted by molar-refractivity contribution is 7.18. The van der Waals surface area contributed by atoms with E-state index in [1.54, 1.807) is 55.5 Å². The van der Waals surface area contributed by atoms with Gasteiger partial charge in [-0.3, -0.25) is 9.59 Å². The van der Waals surface area contributed by atoms with E-state index in [4.69, 9.17) is 14.2 Å². The number of carbonyl (C=O) groups is 4. The Balaban J connectivity index is 1.73. The molecule has 0 fully saturated rings. The smallest absolute Gasteiger partial charge is 0.348 e. The quantitative estimate of drug-likeness (QED) is 0.467. The maximum Gasteiger partial charge on any atom is 0.348 e. The van der Waals surface area contributed by atoms with Crippen LogP contribution in [0.4, 0.5) is 10.7 Å². The fourth-order valence-corrected chi connectivity index (χ4v) is 4.17. The molecule has 0 unspecified atom stereocenters. The Morgan fingerprint density at radius 1 is 0.853 bits per heavy atom. The largest absolute Gasteiger partial charge is 0.483 e. The predicted octanol–water partition coefficient (Wildman–Crippen LogP) is 3.90. The van der Waals surface area contributed by atoms with Crippen molar-refractivity contribution in [2.75, 3.05) is 31.5 Å². The lowest BCUT2D eigenvalue weighted by Gasteiger charge is -2.12. The van der Waals surface area contributed by atoms with Gasteiger partial charge in [-0.15, -0.1) is 11.3 Å². The van der Waals surface area contributed by atoms with E-state index in [1.807, 2.05) is 6.07 Å². The summed E-state index contributed by atoms with van der Waals surface area (Å²) in [5, 5.41) is 5.47. The average molecular weight is 483 g/mol. The molecule has 0 bridgehead atoms. The van der Waals surface area contributed by atoms with Gasteiger partial charge in [-0.2, -0.15) is 0 Å². The number of methoxy groups -OCH3 is 2. The van der Waals surface area contributed by atoms with Crippen LogP contribution in [0.5, 0.6) is 5.75 Å². The maximum absolute atomic E-state index is 12.7. The summed E-state index contributed by atoms with van der Waals surface area (Å²) in [6, 6.07) is 15.4. The van der Waals surface area contributed by atoms with Crippen molar-refractivity contribution >= 4 is 45.8 Å². The van der Waals surface area contributed by atoms with Crippen LogP contribution in [0.3, 0.4) is 0 Å². The van der Waals surface area contributed by atoms with Crippen LogP contribution < -0.4 is 15.4 Å². The van der Waals surface area contributed by atoms with Gasteiger partial charge in [0, 0.05) is 5.69 Å². The van der Waals surface area contributed by atoms with Crippen LogP contribution in [-0.2, 0) is 14.3 Å². The number of para-hydroxylation sites is 2. The molecule has 2 N–H and O–H groups in total. The van der Waals surface area contributed by atoms with Crippen LogP contribution >= 0.6 is 11.3 Å². The molecule has 0 spiro atoms. The normalized spacial score (nSPS) is 10.2. The molecule has 0 atom stereocenters. The molecule has 2 amide bonds. The highest BCUT2D eigenvalue weighted by atomic mass is 32.1. The number of anilines is 2. The maximum atomic E-state index is 12.7. The third-order valence-electron chi connectivity index (χ3n) is 4.68. The minimum Gasteiger partial charge on any atom is -0.483 e. The van der Waals surface area contributed by atoms with Gasteiger partial charge in [-0.05, 0) is 36.8 Å². The summed E-state index contributed by atoms with van der Waals surface area (Å²) in [6.07, 6.45) is 0. The first-order chi connectivity index (χ1) is 16.3. The van der Waals surface area contributed by atoms with E-state index in [9.17, 15) is 19.2 Å². The summed E-state index contributed by atoms with van der Waals surface area (Å²) in [7, 11) is 2.42. The van der Waals surface area contributed by atoms with Gasteiger partial charge in [0.25, 0.3) is 11.8 Å². The van der Waals surface area contributed by atoms with E-state index >= 15 is 0 Å². The van der Waals surface area contributed by atoms with E-state index in [0.29, 0.717) is 11.3 Å². The molecule has 1 aromatic heterocycles. The number of hydrogen-bond acceptors (Lipinski definition) is 8. The monoisotopic (exact) mass is 482 g/mol. The molecular weight excluding hydrogens is 460 g/mol. The van der Waals surface area contributed by atoms with Gasteiger partial charge in [0.15, 0.2) is 6.61 Å². The molecule has 176 valence electrons. The highest BCUT2D eigenvalue weighted by Gasteiger charge is 2.27. The van der Waals surface area contributed by atoms with Crippen LogP contribution in [-0.4, -0.2) is 44.6 Å². The first-order valence-corrected chi connectivity index (χ1v) is 10.9.